The Kier molecular flexibility index (Phi) is 4.78. The summed E-state index contributed by atoms with van der Waals surface area (Å²) in [5.74, 6) is 0. The van der Waals surface area contributed by atoms with E-state index in [2.05, 4.69) is 17.3 Å². The van der Waals surface area contributed by atoms with Crippen LogP contribution in [0.25, 0.3) is 0 Å². The number of nitrogens with zero attached hydrogens (tertiary/aromatic N) is 2. The predicted molar refractivity (Wildman–Crippen MR) is 60.8 cm³/mol. The molecule has 0 spiro atoms. The molecule has 0 aliphatic heterocycles. The maximum absolute atomic E-state index is 9.76. The lowest BCUT2D eigenvalue weighted by atomic mass is 10.2. The van der Waals surface area contributed by atoms with Crippen LogP contribution < -0.4 is 5.32 Å². The Balaban J connectivity index is 2.37. The molecular formula is C11H21N3O. The Morgan fingerprint density at radius 1 is 1.60 bits per heavy atom. The van der Waals surface area contributed by atoms with Crippen molar-refractivity contribution in [2.75, 3.05) is 13.1 Å². The zero-order valence-corrected chi connectivity index (χ0v) is 9.82. The molecule has 1 unspecified atom stereocenters. The summed E-state index contributed by atoms with van der Waals surface area (Å²) in [6, 6.07) is 2.02. The third-order valence-electron chi connectivity index (χ3n) is 2.35. The van der Waals surface area contributed by atoms with E-state index < -0.39 is 0 Å². The van der Waals surface area contributed by atoms with Gasteiger partial charge in [0.05, 0.1) is 11.8 Å². The van der Waals surface area contributed by atoms with E-state index >= 15 is 0 Å². The lowest BCUT2D eigenvalue weighted by molar-refractivity contribution is 0.169. The van der Waals surface area contributed by atoms with Crippen molar-refractivity contribution in [2.24, 2.45) is 7.05 Å². The molecule has 1 aromatic rings. The summed E-state index contributed by atoms with van der Waals surface area (Å²) in [5.41, 5.74) is 2.08. The summed E-state index contributed by atoms with van der Waals surface area (Å²) in [6.07, 6.45) is 1.43. The Bertz CT molecular complexity index is 296. The number of rotatable bonds is 6. The zero-order valence-electron chi connectivity index (χ0n) is 9.82. The molecule has 1 atom stereocenters. The minimum atomic E-state index is -0.327. The van der Waals surface area contributed by atoms with Gasteiger partial charge < -0.3 is 10.4 Å². The molecule has 0 aromatic carbocycles. The van der Waals surface area contributed by atoms with E-state index in [1.54, 1.807) is 0 Å². The molecule has 0 aliphatic carbocycles. The van der Waals surface area contributed by atoms with Gasteiger partial charge in [0.25, 0.3) is 0 Å². The van der Waals surface area contributed by atoms with Crippen LogP contribution in [0.15, 0.2) is 6.07 Å². The van der Waals surface area contributed by atoms with Gasteiger partial charge in [0.1, 0.15) is 0 Å². The maximum Gasteiger partial charge on any atom is 0.0719 e. The number of aliphatic hydroxyl groups is 1. The fourth-order valence-corrected chi connectivity index (χ4v) is 1.61. The number of hydrogen-bond donors (Lipinski definition) is 2. The van der Waals surface area contributed by atoms with Gasteiger partial charge in [-0.25, -0.2) is 0 Å². The summed E-state index contributed by atoms with van der Waals surface area (Å²) in [4.78, 5) is 0. The van der Waals surface area contributed by atoms with Gasteiger partial charge in [-0.1, -0.05) is 6.92 Å². The molecule has 0 saturated heterocycles. The van der Waals surface area contributed by atoms with Crippen LogP contribution in [-0.2, 0) is 13.5 Å². The minimum Gasteiger partial charge on any atom is -0.391 e. The van der Waals surface area contributed by atoms with E-state index in [1.807, 2.05) is 24.7 Å². The minimum absolute atomic E-state index is 0.327. The molecule has 0 aliphatic rings. The average molecular weight is 211 g/mol. The quantitative estimate of drug-likeness (QED) is 0.679. The fraction of sp³-hybridized carbons (Fsp3) is 0.727. The highest BCUT2D eigenvalue weighted by molar-refractivity contribution is 5.09. The first-order valence-corrected chi connectivity index (χ1v) is 5.51. The van der Waals surface area contributed by atoms with Gasteiger partial charge in [-0.15, -0.1) is 0 Å². The number of aryl methyl sites for hydroxylation is 2. The van der Waals surface area contributed by atoms with Crippen LogP contribution in [0.1, 0.15) is 24.7 Å². The van der Waals surface area contributed by atoms with E-state index in [0.29, 0.717) is 13.0 Å². The molecule has 86 valence electrons. The largest absolute Gasteiger partial charge is 0.391 e. The molecule has 0 bridgehead atoms. The van der Waals surface area contributed by atoms with Crippen LogP contribution >= 0.6 is 0 Å². The van der Waals surface area contributed by atoms with Crippen molar-refractivity contribution >= 4 is 0 Å². The van der Waals surface area contributed by atoms with Gasteiger partial charge in [0, 0.05) is 25.7 Å². The van der Waals surface area contributed by atoms with Gasteiger partial charge >= 0.3 is 0 Å². The van der Waals surface area contributed by atoms with Gasteiger partial charge in [0.2, 0.25) is 0 Å². The second-order valence-electron chi connectivity index (χ2n) is 3.96. The standard InChI is InChI=1S/C11H21N3O/c1-4-5-12-8-11(15)7-10-6-9(2)13-14(10)3/h6,11-12,15H,4-5,7-8H2,1-3H3. The molecule has 0 fully saturated rings. The van der Waals surface area contributed by atoms with Gasteiger partial charge in [-0.2, -0.15) is 5.10 Å². The summed E-state index contributed by atoms with van der Waals surface area (Å²) < 4.78 is 1.83. The van der Waals surface area contributed by atoms with Crippen molar-refractivity contribution in [3.63, 3.8) is 0 Å². The van der Waals surface area contributed by atoms with E-state index in [4.69, 9.17) is 0 Å². The molecule has 15 heavy (non-hydrogen) atoms. The molecule has 0 saturated carbocycles. The van der Waals surface area contributed by atoms with E-state index in [-0.39, 0.29) is 6.10 Å². The van der Waals surface area contributed by atoms with E-state index in [0.717, 1.165) is 24.4 Å². The number of hydrogen-bond acceptors (Lipinski definition) is 3. The van der Waals surface area contributed by atoms with Crippen LogP contribution in [-0.4, -0.2) is 34.1 Å². The summed E-state index contributed by atoms with van der Waals surface area (Å²) in [7, 11) is 1.91. The summed E-state index contributed by atoms with van der Waals surface area (Å²) in [5, 5.41) is 17.2. The van der Waals surface area contributed by atoms with E-state index in [9.17, 15) is 5.11 Å². The molecule has 0 radical (unpaired) electrons. The summed E-state index contributed by atoms with van der Waals surface area (Å²) >= 11 is 0. The number of aromatic nitrogens is 2. The molecule has 0 amide bonds. The number of aliphatic hydroxyl groups excluding tert-OH is 1. The van der Waals surface area contributed by atoms with Crippen LogP contribution in [0.4, 0.5) is 0 Å². The van der Waals surface area contributed by atoms with Crippen LogP contribution in [0.5, 0.6) is 0 Å². The highest BCUT2D eigenvalue weighted by Crippen LogP contribution is 2.04. The normalized spacial score (nSPS) is 13.1. The highest BCUT2D eigenvalue weighted by Gasteiger charge is 2.08. The van der Waals surface area contributed by atoms with Crippen molar-refractivity contribution in [3.8, 4) is 0 Å². The van der Waals surface area contributed by atoms with Gasteiger partial charge in [0.15, 0.2) is 0 Å². The smallest absolute Gasteiger partial charge is 0.0719 e. The Morgan fingerprint density at radius 3 is 2.87 bits per heavy atom. The van der Waals surface area contributed by atoms with Crippen LogP contribution in [0.2, 0.25) is 0 Å². The Morgan fingerprint density at radius 2 is 2.33 bits per heavy atom. The molecule has 2 N–H and O–H groups in total. The van der Waals surface area contributed by atoms with Crippen molar-refractivity contribution in [1.29, 1.82) is 0 Å². The first-order chi connectivity index (χ1) is 7.13. The molecule has 4 heteroatoms. The Labute approximate surface area is 91.3 Å². The van der Waals surface area contributed by atoms with Gasteiger partial charge in [-0.3, -0.25) is 4.68 Å². The third-order valence-corrected chi connectivity index (χ3v) is 2.35. The molecule has 4 nitrogen and oxygen atoms in total. The van der Waals surface area contributed by atoms with Crippen molar-refractivity contribution < 1.29 is 5.11 Å². The third kappa shape index (κ3) is 4.01. The molecular weight excluding hydrogens is 190 g/mol. The van der Waals surface area contributed by atoms with Crippen LogP contribution in [0, 0.1) is 6.92 Å². The van der Waals surface area contributed by atoms with Gasteiger partial charge in [-0.05, 0) is 26.0 Å². The lowest BCUT2D eigenvalue weighted by Gasteiger charge is -2.11. The average Bonchev–Trinajstić information content (AvgIpc) is 2.45. The zero-order chi connectivity index (χ0) is 11.3. The van der Waals surface area contributed by atoms with Crippen molar-refractivity contribution in [2.45, 2.75) is 32.8 Å². The predicted octanol–water partition coefficient (Wildman–Crippen LogP) is 0.632. The van der Waals surface area contributed by atoms with Crippen LogP contribution in [0.3, 0.4) is 0 Å². The van der Waals surface area contributed by atoms with Crippen molar-refractivity contribution in [1.82, 2.24) is 15.1 Å². The monoisotopic (exact) mass is 211 g/mol. The first-order valence-electron chi connectivity index (χ1n) is 5.51. The van der Waals surface area contributed by atoms with Crippen molar-refractivity contribution in [3.05, 3.63) is 17.5 Å². The SMILES string of the molecule is CCCNCC(O)Cc1cc(C)nn1C. The molecule has 1 heterocycles. The highest BCUT2D eigenvalue weighted by atomic mass is 16.3. The Hall–Kier alpha value is -0.870. The number of nitrogens with one attached hydrogen (secondary N) is 1. The topological polar surface area (TPSA) is 50.1 Å². The molecule has 1 aromatic heterocycles. The first kappa shape index (κ1) is 12.2. The second-order valence-corrected chi connectivity index (χ2v) is 3.96. The van der Waals surface area contributed by atoms with E-state index in [1.165, 1.54) is 0 Å². The summed E-state index contributed by atoms with van der Waals surface area (Å²) in [6.45, 7) is 5.69. The molecule has 1 rings (SSSR count). The maximum atomic E-state index is 9.76. The fourth-order valence-electron chi connectivity index (χ4n) is 1.61. The second kappa shape index (κ2) is 5.88. The lowest BCUT2D eigenvalue weighted by Crippen LogP contribution is -2.29.